The van der Waals surface area contributed by atoms with Crippen LogP contribution < -0.4 is 9.30 Å². The van der Waals surface area contributed by atoms with Crippen molar-refractivity contribution in [1.82, 2.24) is 0 Å². The Balaban J connectivity index is 2.22. The molecule has 0 fully saturated rings. The number of alkyl halides is 1. The van der Waals surface area contributed by atoms with Gasteiger partial charge in [-0.25, -0.2) is 0 Å². The van der Waals surface area contributed by atoms with Crippen LogP contribution in [0.1, 0.15) is 5.56 Å². The minimum atomic E-state index is 0.326. The molecule has 16 heavy (non-hydrogen) atoms. The second kappa shape index (κ2) is 3.87. The molecule has 1 aliphatic heterocycles. The molecule has 2 nitrogen and oxygen atoms in total. The molecular formula is C13H13INO+. The predicted octanol–water partition coefficient (Wildman–Crippen LogP) is 2.63. The van der Waals surface area contributed by atoms with Crippen molar-refractivity contribution in [3.63, 3.8) is 0 Å². The summed E-state index contributed by atoms with van der Waals surface area (Å²) in [6.07, 6.45) is 0.326. The lowest BCUT2D eigenvalue weighted by Gasteiger charge is -1.98. The normalized spacial score (nSPS) is 18.5. The Kier molecular flexibility index (Phi) is 2.50. The number of aryl methyl sites for hydroxylation is 1. The number of pyridine rings is 1. The first-order chi connectivity index (χ1) is 7.78. The highest BCUT2D eigenvalue weighted by atomic mass is 127. The Morgan fingerprint density at radius 2 is 2.19 bits per heavy atom. The van der Waals surface area contributed by atoms with Crippen LogP contribution in [0.5, 0.6) is 5.88 Å². The summed E-state index contributed by atoms with van der Waals surface area (Å²) in [7, 11) is 0. The summed E-state index contributed by atoms with van der Waals surface area (Å²) in [6, 6.07) is 10.8. The summed E-state index contributed by atoms with van der Waals surface area (Å²) in [5, 5.41) is 1.28. The molecule has 1 atom stereocenters. The fraction of sp³-hybridized carbons (Fsp3) is 0.308. The summed E-state index contributed by atoms with van der Waals surface area (Å²) >= 11 is 2.38. The molecule has 2 heterocycles. The average Bonchev–Trinajstić information content (AvgIpc) is 2.72. The zero-order valence-electron chi connectivity index (χ0n) is 9.11. The molecule has 1 aliphatic rings. The molecule has 2 aromatic rings. The number of nitrogens with zero attached hydrogens (tertiary/aromatic N) is 1. The highest BCUT2D eigenvalue weighted by molar-refractivity contribution is 14.1. The number of halogens is 1. The van der Waals surface area contributed by atoms with Gasteiger partial charge in [0.15, 0.2) is 12.6 Å². The first-order valence-electron chi connectivity index (χ1n) is 5.44. The van der Waals surface area contributed by atoms with Crippen LogP contribution in [0.4, 0.5) is 0 Å². The van der Waals surface area contributed by atoms with Crippen molar-refractivity contribution < 1.29 is 9.30 Å². The van der Waals surface area contributed by atoms with Gasteiger partial charge in [-0.15, -0.1) is 0 Å². The third kappa shape index (κ3) is 1.57. The van der Waals surface area contributed by atoms with E-state index in [2.05, 4.69) is 64.4 Å². The molecule has 1 aromatic heterocycles. The van der Waals surface area contributed by atoms with Gasteiger partial charge >= 0.3 is 5.88 Å². The number of fused-ring (bicyclic) bond motifs is 3. The quantitative estimate of drug-likeness (QED) is 0.446. The molecule has 82 valence electrons. The van der Waals surface area contributed by atoms with E-state index in [1.54, 1.807) is 0 Å². The van der Waals surface area contributed by atoms with Crippen molar-refractivity contribution in [2.24, 2.45) is 0 Å². The van der Waals surface area contributed by atoms with Crippen LogP contribution in [0.25, 0.3) is 10.9 Å². The lowest BCUT2D eigenvalue weighted by Crippen LogP contribution is -2.34. The zero-order chi connectivity index (χ0) is 11.1. The van der Waals surface area contributed by atoms with E-state index in [1.165, 1.54) is 16.5 Å². The maximum atomic E-state index is 5.86. The fourth-order valence-electron chi connectivity index (χ4n) is 2.18. The van der Waals surface area contributed by atoms with E-state index in [0.29, 0.717) is 6.10 Å². The monoisotopic (exact) mass is 326 g/mol. The molecule has 3 rings (SSSR count). The van der Waals surface area contributed by atoms with Gasteiger partial charge in [0, 0.05) is 15.9 Å². The van der Waals surface area contributed by atoms with E-state index in [-0.39, 0.29) is 0 Å². The van der Waals surface area contributed by atoms with Gasteiger partial charge in [0.25, 0.3) is 0 Å². The van der Waals surface area contributed by atoms with Gasteiger partial charge in [-0.1, -0.05) is 28.7 Å². The summed E-state index contributed by atoms with van der Waals surface area (Å²) in [5.41, 5.74) is 2.58. The lowest BCUT2D eigenvalue weighted by atomic mass is 10.1. The smallest absolute Gasteiger partial charge is 0.368 e. The van der Waals surface area contributed by atoms with E-state index in [1.807, 2.05) is 0 Å². The molecule has 0 spiro atoms. The molecule has 0 bridgehead atoms. The first kappa shape index (κ1) is 10.3. The van der Waals surface area contributed by atoms with Gasteiger partial charge in [-0.3, -0.25) is 0 Å². The number of hydrogen-bond acceptors (Lipinski definition) is 1. The van der Waals surface area contributed by atoms with Crippen molar-refractivity contribution in [2.45, 2.75) is 19.6 Å². The maximum Gasteiger partial charge on any atom is 0.368 e. The predicted molar refractivity (Wildman–Crippen MR) is 72.2 cm³/mol. The molecule has 1 unspecified atom stereocenters. The van der Waals surface area contributed by atoms with Crippen LogP contribution >= 0.6 is 22.6 Å². The molecule has 0 amide bonds. The van der Waals surface area contributed by atoms with Gasteiger partial charge in [-0.05, 0) is 24.6 Å². The molecule has 0 saturated carbocycles. The van der Waals surface area contributed by atoms with Crippen LogP contribution in [0.15, 0.2) is 30.3 Å². The third-order valence-electron chi connectivity index (χ3n) is 2.99. The molecular weight excluding hydrogens is 313 g/mol. The average molecular weight is 326 g/mol. The summed E-state index contributed by atoms with van der Waals surface area (Å²) in [5.74, 6) is 1.000. The van der Waals surface area contributed by atoms with Gasteiger partial charge < -0.3 is 4.74 Å². The zero-order valence-corrected chi connectivity index (χ0v) is 11.3. The molecule has 1 aromatic carbocycles. The van der Waals surface area contributed by atoms with Crippen LogP contribution in [0.2, 0.25) is 0 Å². The van der Waals surface area contributed by atoms with Crippen LogP contribution in [0.3, 0.4) is 0 Å². The number of rotatable bonds is 1. The number of ether oxygens (including phenoxy) is 1. The Morgan fingerprint density at radius 1 is 1.38 bits per heavy atom. The van der Waals surface area contributed by atoms with Crippen molar-refractivity contribution in [1.29, 1.82) is 0 Å². The highest BCUT2D eigenvalue weighted by Gasteiger charge is 2.31. The highest BCUT2D eigenvalue weighted by Crippen LogP contribution is 2.21. The Hall–Kier alpha value is -0.840. The van der Waals surface area contributed by atoms with Crippen LogP contribution in [-0.4, -0.2) is 10.5 Å². The molecule has 0 aliphatic carbocycles. The topological polar surface area (TPSA) is 13.1 Å². The van der Waals surface area contributed by atoms with Crippen LogP contribution in [-0.2, 0) is 6.54 Å². The van der Waals surface area contributed by atoms with E-state index in [0.717, 1.165) is 16.9 Å². The SMILES string of the molecule is Cc1ccc2ccc3[n+](c2c1)CC(CI)O3. The lowest BCUT2D eigenvalue weighted by molar-refractivity contribution is -0.655. The van der Waals surface area contributed by atoms with Gasteiger partial charge in [0.2, 0.25) is 5.52 Å². The summed E-state index contributed by atoms with van der Waals surface area (Å²) in [6.45, 7) is 3.10. The van der Waals surface area contributed by atoms with Crippen molar-refractivity contribution in [3.8, 4) is 5.88 Å². The maximum absolute atomic E-state index is 5.86. The number of benzene rings is 1. The fourth-order valence-corrected chi connectivity index (χ4v) is 2.64. The van der Waals surface area contributed by atoms with E-state index < -0.39 is 0 Å². The van der Waals surface area contributed by atoms with Crippen LogP contribution in [0, 0.1) is 6.92 Å². The minimum Gasteiger partial charge on any atom is -0.433 e. The van der Waals surface area contributed by atoms with Gasteiger partial charge in [-0.2, -0.15) is 4.57 Å². The minimum absolute atomic E-state index is 0.326. The van der Waals surface area contributed by atoms with Crippen molar-refractivity contribution >= 4 is 33.5 Å². The first-order valence-corrected chi connectivity index (χ1v) is 6.96. The Labute approximate surface area is 108 Å². The summed E-state index contributed by atoms with van der Waals surface area (Å²) < 4.78 is 9.18. The second-order valence-corrected chi connectivity index (χ2v) is 5.12. The summed E-state index contributed by atoms with van der Waals surface area (Å²) in [4.78, 5) is 0. The van der Waals surface area contributed by atoms with E-state index in [9.17, 15) is 0 Å². The molecule has 3 heteroatoms. The van der Waals surface area contributed by atoms with Crippen molar-refractivity contribution in [2.75, 3.05) is 4.43 Å². The van der Waals surface area contributed by atoms with E-state index in [4.69, 9.17) is 4.74 Å². The largest absolute Gasteiger partial charge is 0.433 e. The third-order valence-corrected chi connectivity index (χ3v) is 3.98. The molecule has 0 saturated heterocycles. The second-order valence-electron chi connectivity index (χ2n) is 4.24. The van der Waals surface area contributed by atoms with Gasteiger partial charge in [0.05, 0.1) is 6.07 Å². The number of aromatic nitrogens is 1. The standard InChI is InChI=1S/C13H13INO/c1-9-2-3-10-4-5-13-15(12(10)6-9)8-11(7-14)16-13/h2-6,11H,7-8H2,1H3/q+1. The number of hydrogen-bond donors (Lipinski definition) is 0. The van der Waals surface area contributed by atoms with Gasteiger partial charge in [0.1, 0.15) is 0 Å². The van der Waals surface area contributed by atoms with Crippen molar-refractivity contribution in [3.05, 3.63) is 35.9 Å². The molecule has 0 N–H and O–H groups in total. The van der Waals surface area contributed by atoms with E-state index >= 15 is 0 Å². The Bertz CT molecular complexity index is 553. The Morgan fingerprint density at radius 3 is 3.00 bits per heavy atom. The molecule has 0 radical (unpaired) electrons.